The monoisotopic (exact) mass is 318 g/mol. The Labute approximate surface area is 135 Å². The van der Waals surface area contributed by atoms with Crippen molar-refractivity contribution in [1.29, 1.82) is 0 Å². The van der Waals surface area contributed by atoms with Gasteiger partial charge in [-0.05, 0) is 37.9 Å². The van der Waals surface area contributed by atoms with E-state index in [0.29, 0.717) is 18.0 Å². The second kappa shape index (κ2) is 7.63. The lowest BCUT2D eigenvalue weighted by atomic mass is 9.98. The van der Waals surface area contributed by atoms with Crippen molar-refractivity contribution in [3.63, 3.8) is 0 Å². The SMILES string of the molecule is NC(NCc1cnn(CC2CCNCC2)c1)c1cncc(F)c1. The molecule has 1 saturated heterocycles. The Kier molecular flexibility index (Phi) is 5.32. The molecule has 0 bridgehead atoms. The van der Waals surface area contributed by atoms with Crippen LogP contribution in [0.3, 0.4) is 0 Å². The highest BCUT2D eigenvalue weighted by Gasteiger charge is 2.14. The molecular weight excluding hydrogens is 295 g/mol. The van der Waals surface area contributed by atoms with Gasteiger partial charge >= 0.3 is 0 Å². The summed E-state index contributed by atoms with van der Waals surface area (Å²) in [6.45, 7) is 3.74. The third kappa shape index (κ3) is 4.57. The largest absolute Gasteiger partial charge is 0.317 e. The van der Waals surface area contributed by atoms with Gasteiger partial charge in [-0.1, -0.05) is 0 Å². The van der Waals surface area contributed by atoms with Gasteiger partial charge in [0.05, 0.1) is 18.6 Å². The number of piperidine rings is 1. The number of aromatic nitrogens is 3. The summed E-state index contributed by atoms with van der Waals surface area (Å²) in [6.07, 6.45) is 8.58. The molecule has 1 aliphatic heterocycles. The lowest BCUT2D eigenvalue weighted by Gasteiger charge is -2.22. The van der Waals surface area contributed by atoms with Crippen LogP contribution in [0.15, 0.2) is 30.9 Å². The normalized spacial score (nSPS) is 17.3. The smallest absolute Gasteiger partial charge is 0.141 e. The molecule has 0 spiro atoms. The molecule has 6 nitrogen and oxygen atoms in total. The standard InChI is InChI=1S/C16H23FN6/c17-15-5-14(8-20-9-15)16(18)21-6-13-7-22-23(11-13)10-12-1-3-19-4-2-12/h5,7-9,11-12,16,19,21H,1-4,6,10,18H2. The van der Waals surface area contributed by atoms with E-state index in [1.807, 2.05) is 17.1 Å². The zero-order valence-electron chi connectivity index (χ0n) is 13.1. The summed E-state index contributed by atoms with van der Waals surface area (Å²) in [6, 6.07) is 1.39. The predicted octanol–water partition coefficient (Wildman–Crippen LogP) is 1.16. The van der Waals surface area contributed by atoms with Crippen LogP contribution in [0.1, 0.15) is 30.1 Å². The maximum atomic E-state index is 13.2. The molecule has 0 saturated carbocycles. The van der Waals surface area contributed by atoms with Crippen LogP contribution in [0.25, 0.3) is 0 Å². The van der Waals surface area contributed by atoms with E-state index in [0.717, 1.165) is 25.2 Å². The van der Waals surface area contributed by atoms with Crippen LogP contribution in [-0.4, -0.2) is 27.9 Å². The van der Waals surface area contributed by atoms with E-state index in [1.165, 1.54) is 25.1 Å². The third-order valence-corrected chi connectivity index (χ3v) is 4.20. The van der Waals surface area contributed by atoms with Gasteiger partial charge in [-0.2, -0.15) is 5.10 Å². The molecule has 3 heterocycles. The zero-order chi connectivity index (χ0) is 16.1. The van der Waals surface area contributed by atoms with Crippen molar-refractivity contribution in [2.24, 2.45) is 11.7 Å². The van der Waals surface area contributed by atoms with Crippen LogP contribution in [0.2, 0.25) is 0 Å². The predicted molar refractivity (Wildman–Crippen MR) is 85.8 cm³/mol. The molecule has 3 rings (SSSR count). The highest BCUT2D eigenvalue weighted by Crippen LogP contribution is 2.14. The molecule has 124 valence electrons. The van der Waals surface area contributed by atoms with Crippen LogP contribution in [0.4, 0.5) is 4.39 Å². The fourth-order valence-corrected chi connectivity index (χ4v) is 2.87. The van der Waals surface area contributed by atoms with Gasteiger partial charge in [-0.3, -0.25) is 15.0 Å². The molecule has 1 atom stereocenters. The summed E-state index contributed by atoms with van der Waals surface area (Å²) in [5.74, 6) is 0.312. The number of nitrogens with two attached hydrogens (primary N) is 1. The third-order valence-electron chi connectivity index (χ3n) is 4.20. The molecule has 4 N–H and O–H groups in total. The van der Waals surface area contributed by atoms with Gasteiger partial charge in [0.25, 0.3) is 0 Å². The number of nitrogens with one attached hydrogen (secondary N) is 2. The zero-order valence-corrected chi connectivity index (χ0v) is 13.1. The molecule has 0 amide bonds. The molecular formula is C16H23FN6. The second-order valence-corrected chi connectivity index (χ2v) is 6.06. The molecule has 0 aliphatic carbocycles. The average molecular weight is 318 g/mol. The summed E-state index contributed by atoms with van der Waals surface area (Å²) >= 11 is 0. The average Bonchev–Trinajstić information content (AvgIpc) is 3.01. The minimum absolute atomic E-state index is 0.380. The van der Waals surface area contributed by atoms with E-state index in [2.05, 4.69) is 20.7 Å². The van der Waals surface area contributed by atoms with E-state index >= 15 is 0 Å². The van der Waals surface area contributed by atoms with Crippen LogP contribution in [0.5, 0.6) is 0 Å². The second-order valence-electron chi connectivity index (χ2n) is 6.06. The first-order valence-corrected chi connectivity index (χ1v) is 8.02. The first-order chi connectivity index (χ1) is 11.2. The first kappa shape index (κ1) is 16.0. The fourth-order valence-electron chi connectivity index (χ4n) is 2.87. The number of hydrogen-bond donors (Lipinski definition) is 3. The van der Waals surface area contributed by atoms with Crippen molar-refractivity contribution in [3.8, 4) is 0 Å². The minimum atomic E-state index is -0.453. The molecule has 2 aromatic rings. The first-order valence-electron chi connectivity index (χ1n) is 8.02. The highest BCUT2D eigenvalue weighted by molar-refractivity contribution is 5.14. The van der Waals surface area contributed by atoms with Gasteiger partial charge in [0.2, 0.25) is 0 Å². The Bertz CT molecular complexity index is 623. The molecule has 2 aromatic heterocycles. The van der Waals surface area contributed by atoms with Crippen molar-refractivity contribution in [2.75, 3.05) is 13.1 Å². The number of pyridine rings is 1. The summed E-state index contributed by atoms with van der Waals surface area (Å²) in [4.78, 5) is 3.81. The molecule has 1 fully saturated rings. The van der Waals surface area contributed by atoms with Gasteiger partial charge in [0, 0.05) is 36.6 Å². The number of hydrogen-bond acceptors (Lipinski definition) is 5. The lowest BCUT2D eigenvalue weighted by molar-refractivity contribution is 0.321. The summed E-state index contributed by atoms with van der Waals surface area (Å²) < 4.78 is 15.2. The maximum absolute atomic E-state index is 13.2. The Morgan fingerprint density at radius 3 is 2.96 bits per heavy atom. The number of nitrogens with zero attached hydrogens (tertiary/aromatic N) is 3. The van der Waals surface area contributed by atoms with Crippen LogP contribution in [0, 0.1) is 11.7 Å². The Morgan fingerprint density at radius 1 is 1.35 bits per heavy atom. The molecule has 7 heteroatoms. The van der Waals surface area contributed by atoms with Crippen molar-refractivity contribution < 1.29 is 4.39 Å². The number of halogens is 1. The van der Waals surface area contributed by atoms with Gasteiger partial charge in [-0.25, -0.2) is 4.39 Å². The van der Waals surface area contributed by atoms with Gasteiger partial charge < -0.3 is 11.1 Å². The van der Waals surface area contributed by atoms with Crippen LogP contribution in [-0.2, 0) is 13.1 Å². The Hall–Kier alpha value is -1.83. The quantitative estimate of drug-likeness (QED) is 0.697. The van der Waals surface area contributed by atoms with Crippen molar-refractivity contribution >= 4 is 0 Å². The topological polar surface area (TPSA) is 80.8 Å². The van der Waals surface area contributed by atoms with Gasteiger partial charge in [0.1, 0.15) is 5.82 Å². The molecule has 0 radical (unpaired) electrons. The Balaban J connectivity index is 1.50. The Morgan fingerprint density at radius 2 is 2.17 bits per heavy atom. The van der Waals surface area contributed by atoms with E-state index in [1.54, 1.807) is 6.20 Å². The molecule has 23 heavy (non-hydrogen) atoms. The van der Waals surface area contributed by atoms with Crippen LogP contribution >= 0.6 is 0 Å². The molecule has 1 unspecified atom stereocenters. The van der Waals surface area contributed by atoms with E-state index < -0.39 is 6.17 Å². The molecule has 0 aromatic carbocycles. The summed E-state index contributed by atoms with van der Waals surface area (Å²) in [7, 11) is 0. The van der Waals surface area contributed by atoms with E-state index in [4.69, 9.17) is 5.73 Å². The fraction of sp³-hybridized carbons (Fsp3) is 0.500. The van der Waals surface area contributed by atoms with Crippen molar-refractivity contribution in [2.45, 2.75) is 32.1 Å². The van der Waals surface area contributed by atoms with Crippen molar-refractivity contribution in [1.82, 2.24) is 25.4 Å². The lowest BCUT2D eigenvalue weighted by Crippen LogP contribution is -2.30. The van der Waals surface area contributed by atoms with Crippen molar-refractivity contribution in [3.05, 3.63) is 47.8 Å². The van der Waals surface area contributed by atoms with E-state index in [9.17, 15) is 4.39 Å². The van der Waals surface area contributed by atoms with Crippen LogP contribution < -0.4 is 16.4 Å². The highest BCUT2D eigenvalue weighted by atomic mass is 19.1. The van der Waals surface area contributed by atoms with Gasteiger partial charge in [-0.15, -0.1) is 0 Å². The summed E-state index contributed by atoms with van der Waals surface area (Å²) in [5, 5.41) is 11.0. The van der Waals surface area contributed by atoms with E-state index in [-0.39, 0.29) is 5.82 Å². The summed E-state index contributed by atoms with van der Waals surface area (Å²) in [5.41, 5.74) is 7.72. The van der Waals surface area contributed by atoms with Gasteiger partial charge in [0.15, 0.2) is 0 Å². The minimum Gasteiger partial charge on any atom is -0.317 e. The molecule has 1 aliphatic rings. The maximum Gasteiger partial charge on any atom is 0.141 e. The number of rotatable bonds is 6.